The second-order valence-electron chi connectivity index (χ2n) is 6.76. The van der Waals surface area contributed by atoms with Gasteiger partial charge < -0.3 is 9.64 Å². The summed E-state index contributed by atoms with van der Waals surface area (Å²) in [6.07, 6.45) is 3.78. The molecule has 0 unspecified atom stereocenters. The molecule has 1 amide bonds. The van der Waals surface area contributed by atoms with Gasteiger partial charge in [-0.3, -0.25) is 4.79 Å². The maximum atomic E-state index is 12.5. The van der Waals surface area contributed by atoms with E-state index in [-0.39, 0.29) is 5.92 Å². The summed E-state index contributed by atoms with van der Waals surface area (Å²) in [7, 11) is 1.67. The van der Waals surface area contributed by atoms with Gasteiger partial charge in [0.1, 0.15) is 10.8 Å². The van der Waals surface area contributed by atoms with E-state index in [2.05, 4.69) is 24.0 Å². The number of para-hydroxylation sites is 1. The zero-order valence-electron chi connectivity index (χ0n) is 15.8. The second kappa shape index (κ2) is 8.62. The molecule has 0 atom stereocenters. The van der Waals surface area contributed by atoms with Crippen molar-refractivity contribution in [1.82, 2.24) is 15.1 Å². The third-order valence-corrected chi connectivity index (χ3v) is 6.39. The Morgan fingerprint density at radius 2 is 1.92 bits per heavy atom. The van der Waals surface area contributed by atoms with Crippen LogP contribution in [-0.4, -0.2) is 41.2 Å². The average Bonchev–Trinajstić information content (AvgIpc) is 3.19. The van der Waals surface area contributed by atoms with Crippen LogP contribution in [0.5, 0.6) is 5.75 Å². The molecule has 0 saturated carbocycles. The summed E-state index contributed by atoms with van der Waals surface area (Å²) in [6, 6.07) is 7.90. The summed E-state index contributed by atoms with van der Waals surface area (Å²) < 4.78 is 5.43. The number of hydrogen-bond donors (Lipinski definition) is 0. The first-order valence-electron chi connectivity index (χ1n) is 9.43. The van der Waals surface area contributed by atoms with Crippen LogP contribution in [0, 0.1) is 5.92 Å². The molecule has 1 fully saturated rings. The van der Waals surface area contributed by atoms with Crippen molar-refractivity contribution in [2.24, 2.45) is 5.92 Å². The molecule has 6 heteroatoms. The van der Waals surface area contributed by atoms with E-state index >= 15 is 0 Å². The lowest BCUT2D eigenvalue weighted by Gasteiger charge is -2.33. The van der Waals surface area contributed by atoms with Gasteiger partial charge in [0.25, 0.3) is 0 Å². The summed E-state index contributed by atoms with van der Waals surface area (Å²) in [5.41, 5.74) is 0.986. The molecule has 0 N–H and O–H groups in total. The number of methoxy groups -OCH3 is 1. The molecule has 3 rings (SSSR count). The predicted octanol–water partition coefficient (Wildman–Crippen LogP) is 4.36. The van der Waals surface area contributed by atoms with Gasteiger partial charge in [0.2, 0.25) is 5.91 Å². The van der Waals surface area contributed by atoms with Crippen LogP contribution < -0.4 is 4.74 Å². The Morgan fingerprint density at radius 3 is 2.58 bits per heavy atom. The SMILES string of the molecule is CCC(CC)C(=O)N1CCC(c2nnc(-c3ccccc3OC)s2)CC1. The Morgan fingerprint density at radius 1 is 1.23 bits per heavy atom. The van der Waals surface area contributed by atoms with Crippen molar-refractivity contribution in [3.05, 3.63) is 29.3 Å². The monoisotopic (exact) mass is 373 g/mol. The van der Waals surface area contributed by atoms with Crippen LogP contribution >= 0.6 is 11.3 Å². The molecule has 0 aliphatic carbocycles. The summed E-state index contributed by atoms with van der Waals surface area (Å²) in [6.45, 7) is 5.84. The average molecular weight is 374 g/mol. The van der Waals surface area contributed by atoms with Gasteiger partial charge in [-0.05, 0) is 37.8 Å². The first-order valence-corrected chi connectivity index (χ1v) is 10.2. The smallest absolute Gasteiger partial charge is 0.225 e. The predicted molar refractivity (Wildman–Crippen MR) is 105 cm³/mol. The van der Waals surface area contributed by atoms with Gasteiger partial charge in [-0.15, -0.1) is 10.2 Å². The lowest BCUT2D eigenvalue weighted by molar-refractivity contribution is -0.136. The van der Waals surface area contributed by atoms with E-state index in [0.717, 1.165) is 60.1 Å². The van der Waals surface area contributed by atoms with E-state index in [9.17, 15) is 4.79 Å². The maximum absolute atomic E-state index is 12.5. The topological polar surface area (TPSA) is 55.3 Å². The second-order valence-corrected chi connectivity index (χ2v) is 7.77. The molecule has 2 heterocycles. The fourth-order valence-electron chi connectivity index (χ4n) is 3.57. The molecule has 2 aromatic rings. The number of aromatic nitrogens is 2. The molecule has 26 heavy (non-hydrogen) atoms. The Hall–Kier alpha value is -1.95. The van der Waals surface area contributed by atoms with E-state index in [0.29, 0.717) is 11.8 Å². The Labute approximate surface area is 159 Å². The largest absolute Gasteiger partial charge is 0.496 e. The molecule has 1 aliphatic rings. The quantitative estimate of drug-likeness (QED) is 0.755. The Bertz CT molecular complexity index is 734. The number of benzene rings is 1. The highest BCUT2D eigenvalue weighted by Crippen LogP contribution is 2.36. The molecule has 0 spiro atoms. The van der Waals surface area contributed by atoms with Crippen LogP contribution in [0.1, 0.15) is 50.5 Å². The normalized spacial score (nSPS) is 15.5. The van der Waals surface area contributed by atoms with Crippen molar-refractivity contribution in [2.45, 2.75) is 45.4 Å². The van der Waals surface area contributed by atoms with Crippen molar-refractivity contribution in [3.8, 4) is 16.3 Å². The lowest BCUT2D eigenvalue weighted by Crippen LogP contribution is -2.41. The third kappa shape index (κ3) is 3.90. The molecular formula is C20H27N3O2S. The van der Waals surface area contributed by atoms with E-state index in [1.165, 1.54) is 0 Å². The molecule has 140 valence electrons. The molecule has 5 nitrogen and oxygen atoms in total. The van der Waals surface area contributed by atoms with Gasteiger partial charge in [-0.2, -0.15) is 0 Å². The lowest BCUT2D eigenvalue weighted by atomic mass is 9.95. The van der Waals surface area contributed by atoms with Crippen molar-refractivity contribution in [2.75, 3.05) is 20.2 Å². The minimum absolute atomic E-state index is 0.172. The number of hydrogen-bond acceptors (Lipinski definition) is 5. The van der Waals surface area contributed by atoms with E-state index in [4.69, 9.17) is 4.74 Å². The first kappa shape index (κ1) is 18.8. The van der Waals surface area contributed by atoms with Crippen LogP contribution in [0.3, 0.4) is 0 Å². The third-order valence-electron chi connectivity index (χ3n) is 5.27. The Kier molecular flexibility index (Phi) is 6.25. The van der Waals surface area contributed by atoms with Crippen molar-refractivity contribution >= 4 is 17.2 Å². The summed E-state index contributed by atoms with van der Waals surface area (Å²) in [4.78, 5) is 14.6. The van der Waals surface area contributed by atoms with Crippen LogP contribution in [-0.2, 0) is 4.79 Å². The van der Waals surface area contributed by atoms with Crippen molar-refractivity contribution in [3.63, 3.8) is 0 Å². The number of amides is 1. The number of nitrogens with zero attached hydrogens (tertiary/aromatic N) is 3. The van der Waals surface area contributed by atoms with Crippen LogP contribution in [0.4, 0.5) is 0 Å². The van der Waals surface area contributed by atoms with Crippen molar-refractivity contribution < 1.29 is 9.53 Å². The highest BCUT2D eigenvalue weighted by molar-refractivity contribution is 7.14. The van der Waals surface area contributed by atoms with Gasteiger partial charge in [-0.25, -0.2) is 0 Å². The molecular weight excluding hydrogens is 346 g/mol. The molecule has 1 aliphatic heterocycles. The first-order chi connectivity index (χ1) is 12.7. The summed E-state index contributed by atoms with van der Waals surface area (Å²) in [5.74, 6) is 1.70. The molecule has 1 aromatic heterocycles. The van der Waals surface area contributed by atoms with Gasteiger partial charge in [0, 0.05) is 24.9 Å². The summed E-state index contributed by atoms with van der Waals surface area (Å²) >= 11 is 1.64. The van der Waals surface area contributed by atoms with E-state index in [1.807, 2.05) is 29.2 Å². The maximum Gasteiger partial charge on any atom is 0.225 e. The standard InChI is InChI=1S/C20H27N3O2S/c1-4-14(5-2)20(24)23-12-10-15(11-13-23)18-21-22-19(26-18)16-8-6-7-9-17(16)25-3/h6-9,14-15H,4-5,10-13H2,1-3H3. The zero-order chi connectivity index (χ0) is 18.5. The molecule has 1 aromatic carbocycles. The Balaban J connectivity index is 1.66. The molecule has 0 bridgehead atoms. The van der Waals surface area contributed by atoms with Crippen LogP contribution in [0.2, 0.25) is 0 Å². The highest BCUT2D eigenvalue weighted by Gasteiger charge is 2.29. The van der Waals surface area contributed by atoms with E-state index < -0.39 is 0 Å². The summed E-state index contributed by atoms with van der Waals surface area (Å²) in [5, 5.41) is 10.8. The fourth-order valence-corrected chi connectivity index (χ4v) is 4.62. The van der Waals surface area contributed by atoms with Gasteiger partial charge in [0.05, 0.1) is 12.7 Å². The highest BCUT2D eigenvalue weighted by atomic mass is 32.1. The van der Waals surface area contributed by atoms with Gasteiger partial charge in [0.15, 0.2) is 5.01 Å². The minimum atomic E-state index is 0.172. The van der Waals surface area contributed by atoms with Crippen LogP contribution in [0.25, 0.3) is 10.6 Å². The molecule has 0 radical (unpaired) electrons. The van der Waals surface area contributed by atoms with E-state index in [1.54, 1.807) is 18.4 Å². The number of carbonyl (C=O) groups excluding carboxylic acids is 1. The van der Waals surface area contributed by atoms with Gasteiger partial charge in [-0.1, -0.05) is 37.3 Å². The number of piperidine rings is 1. The van der Waals surface area contributed by atoms with Crippen LogP contribution in [0.15, 0.2) is 24.3 Å². The zero-order valence-corrected chi connectivity index (χ0v) is 16.6. The van der Waals surface area contributed by atoms with Crippen molar-refractivity contribution in [1.29, 1.82) is 0 Å². The minimum Gasteiger partial charge on any atom is -0.496 e. The van der Waals surface area contributed by atoms with Gasteiger partial charge >= 0.3 is 0 Å². The number of carbonyl (C=O) groups is 1. The number of rotatable bonds is 6. The molecule has 1 saturated heterocycles. The number of likely N-dealkylation sites (tertiary alicyclic amines) is 1. The fraction of sp³-hybridized carbons (Fsp3) is 0.550. The number of ether oxygens (including phenoxy) is 1.